The Labute approximate surface area is 127 Å². The molecule has 0 aliphatic rings. The second-order valence-corrected chi connectivity index (χ2v) is 4.53. The van der Waals surface area contributed by atoms with Gasteiger partial charge in [0.05, 0.1) is 27.5 Å². The van der Waals surface area contributed by atoms with Gasteiger partial charge in [0.1, 0.15) is 5.52 Å². The van der Waals surface area contributed by atoms with Crippen molar-refractivity contribution in [3.05, 3.63) is 30.6 Å². The third-order valence-electron chi connectivity index (χ3n) is 3.29. The van der Waals surface area contributed by atoms with Crippen LogP contribution in [0.3, 0.4) is 0 Å². The second kappa shape index (κ2) is 5.80. The molecular formula is C15H16N4O3. The Morgan fingerprint density at radius 3 is 2.41 bits per heavy atom. The van der Waals surface area contributed by atoms with Gasteiger partial charge in [0.25, 0.3) is 0 Å². The Morgan fingerprint density at radius 1 is 1.05 bits per heavy atom. The van der Waals surface area contributed by atoms with Crippen LogP contribution in [-0.2, 0) is 0 Å². The van der Waals surface area contributed by atoms with E-state index in [4.69, 9.17) is 14.2 Å². The quantitative estimate of drug-likeness (QED) is 0.754. The molecule has 0 atom stereocenters. The van der Waals surface area contributed by atoms with E-state index in [1.807, 2.05) is 18.2 Å². The molecule has 7 heteroatoms. The van der Waals surface area contributed by atoms with Crippen molar-refractivity contribution < 1.29 is 14.2 Å². The first kappa shape index (κ1) is 14.0. The number of H-pyrrole nitrogens is 1. The first-order valence-electron chi connectivity index (χ1n) is 6.62. The number of fused-ring (bicyclic) bond motifs is 1. The lowest BCUT2D eigenvalue weighted by Gasteiger charge is -2.15. The molecule has 1 aromatic carbocycles. The summed E-state index contributed by atoms with van der Waals surface area (Å²) in [7, 11) is 4.73. The molecule has 0 saturated carbocycles. The van der Waals surface area contributed by atoms with E-state index in [-0.39, 0.29) is 0 Å². The molecule has 22 heavy (non-hydrogen) atoms. The van der Waals surface area contributed by atoms with Gasteiger partial charge in [0.15, 0.2) is 17.3 Å². The summed E-state index contributed by atoms with van der Waals surface area (Å²) < 4.78 is 16.0. The van der Waals surface area contributed by atoms with Crippen molar-refractivity contribution in [1.29, 1.82) is 0 Å². The fourth-order valence-electron chi connectivity index (χ4n) is 2.25. The van der Waals surface area contributed by atoms with E-state index in [9.17, 15) is 0 Å². The van der Waals surface area contributed by atoms with Crippen molar-refractivity contribution in [3.8, 4) is 17.2 Å². The molecule has 3 aromatic rings. The summed E-state index contributed by atoms with van der Waals surface area (Å²) in [6.07, 6.45) is 3.47. The SMILES string of the molecule is COc1cc(Nc2nccc3cn[nH]c23)cc(OC)c1OC. The number of hydrogen-bond donors (Lipinski definition) is 2. The van der Waals surface area contributed by atoms with Crippen molar-refractivity contribution >= 4 is 22.4 Å². The molecule has 0 bridgehead atoms. The van der Waals surface area contributed by atoms with Gasteiger partial charge < -0.3 is 19.5 Å². The fourth-order valence-corrected chi connectivity index (χ4v) is 2.25. The van der Waals surface area contributed by atoms with Gasteiger partial charge in [-0.05, 0) is 6.07 Å². The van der Waals surface area contributed by atoms with Gasteiger partial charge in [-0.3, -0.25) is 5.10 Å². The number of nitrogens with one attached hydrogen (secondary N) is 2. The average Bonchev–Trinajstić information content (AvgIpc) is 3.03. The van der Waals surface area contributed by atoms with Crippen molar-refractivity contribution in [1.82, 2.24) is 15.2 Å². The molecule has 0 aliphatic heterocycles. The van der Waals surface area contributed by atoms with Gasteiger partial charge in [-0.25, -0.2) is 4.98 Å². The number of aromatic nitrogens is 3. The molecule has 2 heterocycles. The fraction of sp³-hybridized carbons (Fsp3) is 0.200. The van der Waals surface area contributed by atoms with Gasteiger partial charge in [0, 0.05) is 29.4 Å². The topological polar surface area (TPSA) is 81.3 Å². The van der Waals surface area contributed by atoms with Crippen LogP contribution in [0.15, 0.2) is 30.6 Å². The normalized spacial score (nSPS) is 10.5. The van der Waals surface area contributed by atoms with E-state index in [0.29, 0.717) is 23.1 Å². The summed E-state index contributed by atoms with van der Waals surface area (Å²) in [6, 6.07) is 5.52. The molecule has 114 valence electrons. The number of methoxy groups -OCH3 is 3. The number of benzene rings is 1. The number of rotatable bonds is 5. The molecule has 0 aliphatic carbocycles. The highest BCUT2D eigenvalue weighted by atomic mass is 16.5. The molecule has 7 nitrogen and oxygen atoms in total. The van der Waals surface area contributed by atoms with Gasteiger partial charge in [-0.2, -0.15) is 5.10 Å². The molecule has 2 aromatic heterocycles. The smallest absolute Gasteiger partial charge is 0.203 e. The molecule has 0 unspecified atom stereocenters. The van der Waals surface area contributed by atoms with Gasteiger partial charge >= 0.3 is 0 Å². The highest BCUT2D eigenvalue weighted by Gasteiger charge is 2.14. The Kier molecular flexibility index (Phi) is 3.69. The van der Waals surface area contributed by atoms with Crippen LogP contribution in [-0.4, -0.2) is 36.5 Å². The van der Waals surface area contributed by atoms with Crippen molar-refractivity contribution in [2.24, 2.45) is 0 Å². The van der Waals surface area contributed by atoms with E-state index >= 15 is 0 Å². The van der Waals surface area contributed by atoms with Crippen LogP contribution in [0.4, 0.5) is 11.5 Å². The standard InChI is InChI=1S/C15H16N4O3/c1-20-11-6-10(7-12(21-2)14(11)22-3)18-15-13-9(4-5-16-15)8-17-19-13/h4-8H,1-3H3,(H,16,18)(H,17,19). The molecule has 2 N–H and O–H groups in total. The number of anilines is 2. The van der Waals surface area contributed by atoms with E-state index in [1.165, 1.54) is 0 Å². The maximum absolute atomic E-state index is 5.34. The van der Waals surface area contributed by atoms with E-state index in [2.05, 4.69) is 20.5 Å². The van der Waals surface area contributed by atoms with Crippen LogP contribution >= 0.6 is 0 Å². The van der Waals surface area contributed by atoms with Crippen LogP contribution in [0, 0.1) is 0 Å². The van der Waals surface area contributed by atoms with Crippen molar-refractivity contribution in [3.63, 3.8) is 0 Å². The Balaban J connectivity index is 2.03. The lowest BCUT2D eigenvalue weighted by Crippen LogP contribution is -1.99. The monoisotopic (exact) mass is 300 g/mol. The molecule has 3 rings (SSSR count). The molecule has 0 fully saturated rings. The number of ether oxygens (including phenoxy) is 3. The van der Waals surface area contributed by atoms with Gasteiger partial charge in [-0.1, -0.05) is 0 Å². The predicted octanol–water partition coefficient (Wildman–Crippen LogP) is 2.73. The molecule has 0 saturated heterocycles. The van der Waals surface area contributed by atoms with Gasteiger partial charge in [-0.15, -0.1) is 0 Å². The molecular weight excluding hydrogens is 284 g/mol. The van der Waals surface area contributed by atoms with Crippen LogP contribution in [0.1, 0.15) is 0 Å². The van der Waals surface area contributed by atoms with Gasteiger partial charge in [0.2, 0.25) is 5.75 Å². The van der Waals surface area contributed by atoms with Crippen LogP contribution in [0.25, 0.3) is 10.9 Å². The van der Waals surface area contributed by atoms with Crippen molar-refractivity contribution in [2.45, 2.75) is 0 Å². The van der Waals surface area contributed by atoms with E-state index < -0.39 is 0 Å². The minimum atomic E-state index is 0.545. The third kappa shape index (κ3) is 2.37. The molecule has 0 spiro atoms. The summed E-state index contributed by atoms with van der Waals surface area (Å²) >= 11 is 0. The maximum Gasteiger partial charge on any atom is 0.203 e. The first-order chi connectivity index (χ1) is 10.8. The van der Waals surface area contributed by atoms with Crippen LogP contribution < -0.4 is 19.5 Å². The van der Waals surface area contributed by atoms with Crippen LogP contribution in [0.5, 0.6) is 17.2 Å². The van der Waals surface area contributed by atoms with Crippen molar-refractivity contribution in [2.75, 3.05) is 26.6 Å². The number of hydrogen-bond acceptors (Lipinski definition) is 6. The lowest BCUT2D eigenvalue weighted by molar-refractivity contribution is 0.324. The zero-order valence-electron chi connectivity index (χ0n) is 12.5. The predicted molar refractivity (Wildman–Crippen MR) is 83.3 cm³/mol. The maximum atomic E-state index is 5.34. The minimum absolute atomic E-state index is 0.545. The Bertz CT molecular complexity index is 775. The first-order valence-corrected chi connectivity index (χ1v) is 6.62. The number of aromatic amines is 1. The second-order valence-electron chi connectivity index (χ2n) is 4.53. The zero-order chi connectivity index (χ0) is 15.5. The number of nitrogens with zero attached hydrogens (tertiary/aromatic N) is 2. The summed E-state index contributed by atoms with van der Waals surface area (Å²) in [5.41, 5.74) is 1.60. The van der Waals surface area contributed by atoms with E-state index in [0.717, 1.165) is 16.6 Å². The van der Waals surface area contributed by atoms with E-state index in [1.54, 1.807) is 33.7 Å². The highest BCUT2D eigenvalue weighted by molar-refractivity contribution is 5.89. The summed E-state index contributed by atoms with van der Waals surface area (Å²) in [5, 5.41) is 11.2. The summed E-state index contributed by atoms with van der Waals surface area (Å²) in [6.45, 7) is 0. The number of pyridine rings is 1. The third-order valence-corrected chi connectivity index (χ3v) is 3.29. The molecule has 0 radical (unpaired) electrons. The minimum Gasteiger partial charge on any atom is -0.493 e. The Hall–Kier alpha value is -2.96. The average molecular weight is 300 g/mol. The van der Waals surface area contributed by atoms with Crippen LogP contribution in [0.2, 0.25) is 0 Å². The largest absolute Gasteiger partial charge is 0.493 e. The molecule has 0 amide bonds. The Morgan fingerprint density at radius 2 is 1.77 bits per heavy atom. The highest BCUT2D eigenvalue weighted by Crippen LogP contribution is 2.40. The zero-order valence-corrected chi connectivity index (χ0v) is 12.5. The summed E-state index contributed by atoms with van der Waals surface area (Å²) in [5.74, 6) is 2.36. The lowest BCUT2D eigenvalue weighted by atomic mass is 10.2. The summed E-state index contributed by atoms with van der Waals surface area (Å²) in [4.78, 5) is 4.33.